The number of hydrogen-bond donors (Lipinski definition) is 2. The lowest BCUT2D eigenvalue weighted by molar-refractivity contribution is -0.141. The van der Waals surface area contributed by atoms with E-state index in [1.54, 1.807) is 0 Å². The van der Waals surface area contributed by atoms with Crippen LogP contribution in [0.25, 0.3) is 0 Å². The Bertz CT molecular complexity index is 450. The zero-order valence-electron chi connectivity index (χ0n) is 9.04. The van der Waals surface area contributed by atoms with Crippen LogP contribution in [0.5, 0.6) is 0 Å². The largest absolute Gasteiger partial charge is 0.480 e. The Kier molecular flexibility index (Phi) is 4.45. The van der Waals surface area contributed by atoms with E-state index >= 15 is 0 Å². The summed E-state index contributed by atoms with van der Waals surface area (Å²) in [6.07, 6.45) is 0.0505. The Morgan fingerprint density at radius 1 is 1.53 bits per heavy atom. The maximum Gasteiger partial charge on any atom is 0.326 e. The van der Waals surface area contributed by atoms with E-state index in [1.807, 2.05) is 0 Å². The molecule has 17 heavy (non-hydrogen) atoms. The summed E-state index contributed by atoms with van der Waals surface area (Å²) in [5, 5.41) is 11.1. The molecule has 0 aromatic heterocycles. The number of amides is 1. The predicted molar refractivity (Wildman–Crippen MR) is 60.4 cm³/mol. The minimum atomic E-state index is -1.15. The number of carboxylic acid groups (broad SMARTS) is 1. The van der Waals surface area contributed by atoms with Crippen molar-refractivity contribution < 1.29 is 19.1 Å². The molecule has 0 unspecified atom stereocenters. The molecule has 4 nitrogen and oxygen atoms in total. The molecule has 0 spiro atoms. The first kappa shape index (κ1) is 13.4. The van der Waals surface area contributed by atoms with E-state index in [1.165, 1.54) is 19.1 Å². The molecule has 1 rings (SSSR count). The van der Waals surface area contributed by atoms with Crippen LogP contribution in [-0.4, -0.2) is 23.0 Å². The monoisotopic (exact) mass is 259 g/mol. The van der Waals surface area contributed by atoms with Gasteiger partial charge in [0, 0.05) is 13.3 Å². The lowest BCUT2D eigenvalue weighted by Gasteiger charge is -2.13. The molecule has 1 aromatic carbocycles. The summed E-state index contributed by atoms with van der Waals surface area (Å²) in [5.74, 6) is -2.16. The van der Waals surface area contributed by atoms with E-state index in [-0.39, 0.29) is 11.4 Å². The van der Waals surface area contributed by atoms with Gasteiger partial charge in [0.2, 0.25) is 5.91 Å². The third-order valence-corrected chi connectivity index (χ3v) is 2.39. The average Bonchev–Trinajstić information content (AvgIpc) is 2.21. The summed E-state index contributed by atoms with van der Waals surface area (Å²) >= 11 is 5.57. The zero-order valence-corrected chi connectivity index (χ0v) is 9.79. The van der Waals surface area contributed by atoms with Gasteiger partial charge in [-0.1, -0.05) is 17.7 Å². The highest BCUT2D eigenvalue weighted by Crippen LogP contribution is 2.17. The van der Waals surface area contributed by atoms with Gasteiger partial charge in [-0.25, -0.2) is 9.18 Å². The van der Waals surface area contributed by atoms with Gasteiger partial charge in [0.15, 0.2) is 0 Å². The predicted octanol–water partition coefficient (Wildman–Crippen LogP) is 1.61. The number of carboxylic acids is 1. The van der Waals surface area contributed by atoms with Crippen molar-refractivity contribution in [2.75, 3.05) is 0 Å². The van der Waals surface area contributed by atoms with Gasteiger partial charge < -0.3 is 10.4 Å². The molecular weight excluding hydrogens is 249 g/mol. The Labute approximate surface area is 102 Å². The molecule has 2 N–H and O–H groups in total. The lowest BCUT2D eigenvalue weighted by atomic mass is 10.1. The second kappa shape index (κ2) is 5.63. The Balaban J connectivity index is 2.82. The van der Waals surface area contributed by atoms with Gasteiger partial charge in [-0.2, -0.15) is 0 Å². The third kappa shape index (κ3) is 4.03. The van der Waals surface area contributed by atoms with Crippen molar-refractivity contribution in [3.8, 4) is 0 Å². The first-order valence-electron chi connectivity index (χ1n) is 4.84. The quantitative estimate of drug-likeness (QED) is 0.863. The van der Waals surface area contributed by atoms with Gasteiger partial charge in [0.05, 0.1) is 5.02 Å². The SMILES string of the molecule is CC(=O)N[C@H](Cc1ccc(F)c(Cl)c1)C(=O)O. The zero-order chi connectivity index (χ0) is 13.0. The first-order chi connectivity index (χ1) is 7.90. The maximum absolute atomic E-state index is 12.9. The molecule has 0 bridgehead atoms. The maximum atomic E-state index is 12.9. The number of rotatable bonds is 4. The second-order valence-electron chi connectivity index (χ2n) is 3.54. The summed E-state index contributed by atoms with van der Waals surface area (Å²) in [7, 11) is 0. The summed E-state index contributed by atoms with van der Waals surface area (Å²) < 4.78 is 12.9. The Morgan fingerprint density at radius 3 is 2.65 bits per heavy atom. The highest BCUT2D eigenvalue weighted by atomic mass is 35.5. The normalized spacial score (nSPS) is 11.9. The van der Waals surface area contributed by atoms with Crippen LogP contribution in [0.2, 0.25) is 5.02 Å². The van der Waals surface area contributed by atoms with E-state index < -0.39 is 23.7 Å². The molecule has 1 aromatic rings. The molecule has 0 heterocycles. The van der Waals surface area contributed by atoms with Crippen molar-refractivity contribution >= 4 is 23.5 Å². The van der Waals surface area contributed by atoms with Crippen molar-refractivity contribution in [2.45, 2.75) is 19.4 Å². The molecule has 0 aliphatic heterocycles. The Morgan fingerprint density at radius 2 is 2.18 bits per heavy atom. The number of benzene rings is 1. The van der Waals surface area contributed by atoms with Crippen LogP contribution in [-0.2, 0) is 16.0 Å². The minimum absolute atomic E-state index is 0.0505. The smallest absolute Gasteiger partial charge is 0.326 e. The van der Waals surface area contributed by atoms with Crippen LogP contribution in [0.15, 0.2) is 18.2 Å². The highest BCUT2D eigenvalue weighted by Gasteiger charge is 2.19. The van der Waals surface area contributed by atoms with Crippen molar-refractivity contribution in [2.24, 2.45) is 0 Å². The van der Waals surface area contributed by atoms with Crippen molar-refractivity contribution in [3.63, 3.8) is 0 Å². The number of carbonyl (C=O) groups excluding carboxylic acids is 1. The number of aliphatic carboxylic acids is 1. The molecule has 1 amide bonds. The van der Waals surface area contributed by atoms with Crippen LogP contribution >= 0.6 is 11.6 Å². The summed E-state index contributed by atoms with van der Waals surface area (Å²) in [5.41, 5.74) is 0.539. The number of carbonyl (C=O) groups is 2. The van der Waals surface area contributed by atoms with Gasteiger partial charge in [0.1, 0.15) is 11.9 Å². The van der Waals surface area contributed by atoms with Crippen LogP contribution < -0.4 is 5.32 Å². The number of hydrogen-bond acceptors (Lipinski definition) is 2. The number of halogens is 2. The second-order valence-corrected chi connectivity index (χ2v) is 3.95. The van der Waals surface area contributed by atoms with Crippen LogP contribution in [0.1, 0.15) is 12.5 Å². The molecule has 0 aliphatic rings. The van der Waals surface area contributed by atoms with Gasteiger partial charge >= 0.3 is 5.97 Å². The van der Waals surface area contributed by atoms with Crippen LogP contribution in [0, 0.1) is 5.82 Å². The van der Waals surface area contributed by atoms with E-state index in [2.05, 4.69) is 5.32 Å². The van der Waals surface area contributed by atoms with E-state index in [0.29, 0.717) is 5.56 Å². The molecule has 0 aliphatic carbocycles. The van der Waals surface area contributed by atoms with Crippen molar-refractivity contribution in [1.29, 1.82) is 0 Å². The minimum Gasteiger partial charge on any atom is -0.480 e. The molecule has 6 heteroatoms. The molecule has 0 saturated carbocycles. The van der Waals surface area contributed by atoms with E-state index in [9.17, 15) is 14.0 Å². The van der Waals surface area contributed by atoms with Gasteiger partial charge in [-0.15, -0.1) is 0 Å². The fraction of sp³-hybridized carbons (Fsp3) is 0.273. The topological polar surface area (TPSA) is 66.4 Å². The van der Waals surface area contributed by atoms with Crippen molar-refractivity contribution in [1.82, 2.24) is 5.32 Å². The summed E-state index contributed by atoms with van der Waals surface area (Å²) in [4.78, 5) is 21.7. The summed E-state index contributed by atoms with van der Waals surface area (Å²) in [6.45, 7) is 1.23. The third-order valence-electron chi connectivity index (χ3n) is 2.10. The highest BCUT2D eigenvalue weighted by molar-refractivity contribution is 6.30. The standard InChI is InChI=1S/C11H11ClFNO3/c1-6(15)14-10(11(16)17)5-7-2-3-9(13)8(12)4-7/h2-4,10H,5H2,1H3,(H,14,15)(H,16,17)/t10-/m1/s1. The average molecular weight is 260 g/mol. The fourth-order valence-corrected chi connectivity index (χ4v) is 1.55. The fourth-order valence-electron chi connectivity index (χ4n) is 1.35. The molecule has 92 valence electrons. The van der Waals surface area contributed by atoms with Crippen molar-refractivity contribution in [3.05, 3.63) is 34.6 Å². The van der Waals surface area contributed by atoms with E-state index in [4.69, 9.17) is 16.7 Å². The lowest BCUT2D eigenvalue weighted by Crippen LogP contribution is -2.41. The van der Waals surface area contributed by atoms with E-state index in [0.717, 1.165) is 6.07 Å². The number of nitrogens with one attached hydrogen (secondary N) is 1. The molecule has 0 saturated heterocycles. The van der Waals surface area contributed by atoms with Gasteiger partial charge in [-0.05, 0) is 17.7 Å². The summed E-state index contributed by atoms with van der Waals surface area (Å²) in [6, 6.07) is 2.88. The molecular formula is C11H11ClFNO3. The first-order valence-corrected chi connectivity index (χ1v) is 5.21. The van der Waals surface area contributed by atoms with Crippen LogP contribution in [0.3, 0.4) is 0 Å². The Hall–Kier alpha value is -1.62. The molecule has 1 atom stereocenters. The van der Waals surface area contributed by atoms with Crippen LogP contribution in [0.4, 0.5) is 4.39 Å². The van der Waals surface area contributed by atoms with Gasteiger partial charge in [0.25, 0.3) is 0 Å². The molecule has 0 fully saturated rings. The van der Waals surface area contributed by atoms with Gasteiger partial charge in [-0.3, -0.25) is 4.79 Å². The molecule has 0 radical (unpaired) electrons.